The van der Waals surface area contributed by atoms with Gasteiger partial charge in [0, 0.05) is 11.2 Å². The monoisotopic (exact) mass is 392 g/mol. The van der Waals surface area contributed by atoms with Crippen molar-refractivity contribution in [2.45, 2.75) is 20.0 Å². The SMILES string of the molecule is Cc1cc([N+](=O)[O-])n(CC(=O)Nc2cnn(Cc3ccc(F)cc3Cl)c2)n1. The van der Waals surface area contributed by atoms with E-state index in [9.17, 15) is 19.3 Å². The number of carbonyl (C=O) groups excluding carboxylic acids is 1. The highest BCUT2D eigenvalue weighted by Gasteiger charge is 2.19. The lowest BCUT2D eigenvalue weighted by Crippen LogP contribution is -2.20. The molecule has 9 nitrogen and oxygen atoms in total. The Bertz CT molecular complexity index is 1020. The number of anilines is 1. The van der Waals surface area contributed by atoms with Crippen LogP contribution in [0.5, 0.6) is 0 Å². The lowest BCUT2D eigenvalue weighted by Gasteiger charge is -2.04. The van der Waals surface area contributed by atoms with Gasteiger partial charge in [0.25, 0.3) is 5.91 Å². The van der Waals surface area contributed by atoms with E-state index in [1.807, 2.05) is 0 Å². The molecule has 0 saturated carbocycles. The largest absolute Gasteiger partial charge is 0.358 e. The van der Waals surface area contributed by atoms with Gasteiger partial charge in [-0.15, -0.1) is 4.68 Å². The van der Waals surface area contributed by atoms with Crippen molar-refractivity contribution in [1.29, 1.82) is 0 Å². The van der Waals surface area contributed by atoms with Gasteiger partial charge in [-0.2, -0.15) is 5.10 Å². The van der Waals surface area contributed by atoms with Crippen molar-refractivity contribution in [1.82, 2.24) is 19.6 Å². The lowest BCUT2D eigenvalue weighted by molar-refractivity contribution is -0.392. The Labute approximate surface area is 157 Å². The first-order valence-corrected chi connectivity index (χ1v) is 8.14. The number of rotatable bonds is 6. The summed E-state index contributed by atoms with van der Waals surface area (Å²) in [6.07, 6.45) is 3.00. The van der Waals surface area contributed by atoms with E-state index >= 15 is 0 Å². The summed E-state index contributed by atoms with van der Waals surface area (Å²) in [4.78, 5) is 22.5. The molecule has 3 rings (SSSR count). The normalized spacial score (nSPS) is 10.8. The number of nitro groups is 1. The predicted molar refractivity (Wildman–Crippen MR) is 95.0 cm³/mol. The van der Waals surface area contributed by atoms with Gasteiger partial charge in [-0.1, -0.05) is 22.8 Å². The van der Waals surface area contributed by atoms with E-state index in [-0.39, 0.29) is 17.4 Å². The minimum absolute atomic E-state index is 0.260. The molecule has 0 atom stereocenters. The third-order valence-electron chi connectivity index (χ3n) is 3.63. The summed E-state index contributed by atoms with van der Waals surface area (Å²) in [6, 6.07) is 5.35. The van der Waals surface area contributed by atoms with Crippen molar-refractivity contribution in [3.8, 4) is 0 Å². The molecule has 1 N–H and O–H groups in total. The highest BCUT2D eigenvalue weighted by Crippen LogP contribution is 2.19. The number of carbonyl (C=O) groups is 1. The molecular formula is C16H14ClFN6O3. The van der Waals surface area contributed by atoms with Gasteiger partial charge in [-0.25, -0.2) is 4.39 Å². The number of benzene rings is 1. The van der Waals surface area contributed by atoms with Crippen molar-refractivity contribution in [2.75, 3.05) is 5.32 Å². The van der Waals surface area contributed by atoms with Crippen LogP contribution in [0.2, 0.25) is 5.02 Å². The molecule has 2 aromatic heterocycles. The van der Waals surface area contributed by atoms with Gasteiger partial charge in [0.15, 0.2) is 6.54 Å². The van der Waals surface area contributed by atoms with E-state index in [0.717, 1.165) is 4.68 Å². The second-order valence-corrected chi connectivity index (χ2v) is 6.18. The lowest BCUT2D eigenvalue weighted by atomic mass is 10.2. The average Bonchev–Trinajstić information content (AvgIpc) is 3.16. The molecule has 3 aromatic rings. The van der Waals surface area contributed by atoms with Crippen LogP contribution < -0.4 is 5.32 Å². The Kier molecular flexibility index (Phi) is 5.17. The third kappa shape index (κ3) is 4.47. The minimum Gasteiger partial charge on any atom is -0.358 e. The summed E-state index contributed by atoms with van der Waals surface area (Å²) in [6.45, 7) is 1.59. The second-order valence-electron chi connectivity index (χ2n) is 5.77. The topological polar surface area (TPSA) is 108 Å². The number of aromatic nitrogens is 4. The smallest absolute Gasteiger partial charge is 0.345 e. The summed E-state index contributed by atoms with van der Waals surface area (Å²) in [5.41, 5.74) is 1.52. The fourth-order valence-electron chi connectivity index (χ4n) is 2.47. The first-order valence-electron chi connectivity index (χ1n) is 7.77. The molecule has 11 heteroatoms. The molecule has 0 aliphatic heterocycles. The predicted octanol–water partition coefficient (Wildman–Crippen LogP) is 2.78. The number of hydrogen-bond acceptors (Lipinski definition) is 5. The number of amides is 1. The number of hydrogen-bond donors (Lipinski definition) is 1. The molecule has 1 aromatic carbocycles. The van der Waals surface area contributed by atoms with Crippen LogP contribution in [0, 0.1) is 22.9 Å². The summed E-state index contributed by atoms with van der Waals surface area (Å²) in [7, 11) is 0. The molecule has 0 unspecified atom stereocenters. The highest BCUT2D eigenvalue weighted by atomic mass is 35.5. The highest BCUT2D eigenvalue weighted by molar-refractivity contribution is 6.31. The van der Waals surface area contributed by atoms with Crippen LogP contribution in [0.25, 0.3) is 0 Å². The second kappa shape index (κ2) is 7.54. The molecule has 0 bridgehead atoms. The summed E-state index contributed by atoms with van der Waals surface area (Å²) >= 11 is 5.99. The summed E-state index contributed by atoms with van der Waals surface area (Å²) < 4.78 is 15.6. The quantitative estimate of drug-likeness (QED) is 0.512. The maximum absolute atomic E-state index is 13.1. The maximum atomic E-state index is 13.1. The Hall–Kier alpha value is -3.27. The van der Waals surface area contributed by atoms with E-state index < -0.39 is 16.6 Å². The molecule has 0 radical (unpaired) electrons. The van der Waals surface area contributed by atoms with Crippen LogP contribution in [-0.4, -0.2) is 30.4 Å². The number of halogens is 2. The molecule has 0 fully saturated rings. The van der Waals surface area contributed by atoms with E-state index in [1.165, 1.54) is 29.1 Å². The molecule has 0 aliphatic carbocycles. The van der Waals surface area contributed by atoms with Crippen molar-refractivity contribution >= 4 is 29.0 Å². The van der Waals surface area contributed by atoms with Gasteiger partial charge < -0.3 is 15.4 Å². The zero-order valence-electron chi connectivity index (χ0n) is 14.1. The van der Waals surface area contributed by atoms with E-state index in [0.29, 0.717) is 23.5 Å². The van der Waals surface area contributed by atoms with Crippen LogP contribution in [-0.2, 0) is 17.9 Å². The maximum Gasteiger partial charge on any atom is 0.345 e. The van der Waals surface area contributed by atoms with Crippen LogP contribution in [0.4, 0.5) is 15.9 Å². The van der Waals surface area contributed by atoms with Gasteiger partial charge in [-0.3, -0.25) is 9.48 Å². The van der Waals surface area contributed by atoms with Crippen LogP contribution in [0.15, 0.2) is 36.7 Å². The Morgan fingerprint density at radius 2 is 2.19 bits per heavy atom. The average molecular weight is 393 g/mol. The van der Waals surface area contributed by atoms with Gasteiger partial charge in [0.2, 0.25) is 0 Å². The molecule has 0 saturated heterocycles. The fourth-order valence-corrected chi connectivity index (χ4v) is 2.70. The third-order valence-corrected chi connectivity index (χ3v) is 3.98. The molecular weight excluding hydrogens is 379 g/mol. The van der Waals surface area contributed by atoms with Crippen molar-refractivity contribution in [3.05, 3.63) is 68.9 Å². The first kappa shape index (κ1) is 18.5. The molecule has 140 valence electrons. The van der Waals surface area contributed by atoms with Crippen molar-refractivity contribution < 1.29 is 14.1 Å². The standard InChI is InChI=1S/C16H14ClFN6O3/c1-10-4-16(24(26)27)23(21-10)9-15(25)20-13-6-19-22(8-13)7-11-2-3-12(18)5-14(11)17/h2-6,8H,7,9H2,1H3,(H,20,25). The van der Waals surface area contributed by atoms with Gasteiger partial charge in [-0.05, 0) is 29.5 Å². The Morgan fingerprint density at radius 1 is 1.41 bits per heavy atom. The van der Waals surface area contributed by atoms with E-state index in [2.05, 4.69) is 15.5 Å². The molecule has 2 heterocycles. The van der Waals surface area contributed by atoms with E-state index in [1.54, 1.807) is 19.2 Å². The first-order chi connectivity index (χ1) is 12.8. The Balaban J connectivity index is 1.65. The van der Waals surface area contributed by atoms with Gasteiger partial charge in [0.05, 0.1) is 30.2 Å². The molecule has 0 aliphatic rings. The van der Waals surface area contributed by atoms with Crippen LogP contribution in [0.3, 0.4) is 0 Å². The van der Waals surface area contributed by atoms with Crippen LogP contribution in [0.1, 0.15) is 11.3 Å². The number of nitrogens with zero attached hydrogens (tertiary/aromatic N) is 5. The van der Waals surface area contributed by atoms with Crippen molar-refractivity contribution in [3.63, 3.8) is 0 Å². The fraction of sp³-hybridized carbons (Fsp3) is 0.188. The summed E-state index contributed by atoms with van der Waals surface area (Å²) in [5, 5.41) is 21.9. The van der Waals surface area contributed by atoms with Gasteiger partial charge >= 0.3 is 5.82 Å². The zero-order chi connectivity index (χ0) is 19.6. The summed E-state index contributed by atoms with van der Waals surface area (Å²) in [5.74, 6) is -1.18. The number of nitrogens with one attached hydrogen (secondary N) is 1. The van der Waals surface area contributed by atoms with E-state index in [4.69, 9.17) is 11.6 Å². The molecule has 27 heavy (non-hydrogen) atoms. The van der Waals surface area contributed by atoms with Gasteiger partial charge in [0.1, 0.15) is 5.82 Å². The minimum atomic E-state index is -0.599. The van der Waals surface area contributed by atoms with Crippen molar-refractivity contribution in [2.24, 2.45) is 0 Å². The van der Waals surface area contributed by atoms with Crippen LogP contribution >= 0.6 is 11.6 Å². The molecule has 1 amide bonds. The zero-order valence-corrected chi connectivity index (χ0v) is 14.9. The number of aryl methyl sites for hydroxylation is 1. The Morgan fingerprint density at radius 3 is 2.89 bits per heavy atom. The molecule has 0 spiro atoms.